The molecule has 0 atom stereocenters. The third-order valence-electron chi connectivity index (χ3n) is 3.42. The molecule has 1 aromatic carbocycles. The fraction of sp³-hybridized carbons (Fsp3) is 0.467. The molecule has 1 N–H and O–H groups in total. The molecular weight excluding hydrogens is 267 g/mol. The summed E-state index contributed by atoms with van der Waals surface area (Å²) in [7, 11) is 0. The molecule has 5 heteroatoms. The van der Waals surface area contributed by atoms with Gasteiger partial charge in [-0.05, 0) is 42.7 Å². The van der Waals surface area contributed by atoms with Gasteiger partial charge in [-0.2, -0.15) is 0 Å². The molecule has 1 aliphatic carbocycles. The second kappa shape index (κ2) is 6.20. The van der Waals surface area contributed by atoms with Crippen LogP contribution < -0.4 is 10.1 Å². The van der Waals surface area contributed by atoms with Gasteiger partial charge < -0.3 is 10.1 Å². The fourth-order valence-corrected chi connectivity index (χ4v) is 2.43. The van der Waals surface area contributed by atoms with Crippen molar-refractivity contribution in [1.82, 2.24) is 5.32 Å². The highest BCUT2D eigenvalue weighted by molar-refractivity contribution is 5.62. The number of rotatable bonds is 4. The maximum absolute atomic E-state index is 12.1. The lowest BCUT2D eigenvalue weighted by molar-refractivity contribution is -0.274. The predicted octanol–water partition coefficient (Wildman–Crippen LogP) is 4.48. The molecule has 1 aliphatic rings. The fourth-order valence-electron chi connectivity index (χ4n) is 2.43. The second-order valence-electron chi connectivity index (χ2n) is 5.03. The van der Waals surface area contributed by atoms with E-state index in [1.165, 1.54) is 31.4 Å². The topological polar surface area (TPSA) is 21.3 Å². The summed E-state index contributed by atoms with van der Waals surface area (Å²) in [5.41, 5.74) is 1.53. The van der Waals surface area contributed by atoms with E-state index in [1.807, 2.05) is 0 Å². The van der Waals surface area contributed by atoms with Crippen LogP contribution in [0.15, 0.2) is 30.8 Å². The van der Waals surface area contributed by atoms with Crippen molar-refractivity contribution in [2.45, 2.75) is 44.5 Å². The first-order valence-electron chi connectivity index (χ1n) is 6.76. The largest absolute Gasteiger partial charge is 0.573 e. The zero-order valence-electron chi connectivity index (χ0n) is 11.2. The average Bonchev–Trinajstić information content (AvgIpc) is 2.39. The van der Waals surface area contributed by atoms with E-state index in [4.69, 9.17) is 0 Å². The van der Waals surface area contributed by atoms with Crippen molar-refractivity contribution < 1.29 is 17.9 Å². The summed E-state index contributed by atoms with van der Waals surface area (Å²) in [6, 6.07) is 6.19. The minimum Gasteiger partial charge on any atom is -0.406 e. The summed E-state index contributed by atoms with van der Waals surface area (Å²) in [6.45, 7) is 3.95. The van der Waals surface area contributed by atoms with E-state index in [9.17, 15) is 13.2 Å². The maximum Gasteiger partial charge on any atom is 0.573 e. The Balaban J connectivity index is 1.93. The number of nitrogens with one attached hydrogen (secondary N) is 1. The molecule has 0 radical (unpaired) electrons. The van der Waals surface area contributed by atoms with Crippen LogP contribution in [0.1, 0.15) is 37.7 Å². The van der Waals surface area contributed by atoms with E-state index in [0.29, 0.717) is 6.04 Å². The molecule has 0 amide bonds. The van der Waals surface area contributed by atoms with Gasteiger partial charge in [-0.1, -0.05) is 25.8 Å². The first kappa shape index (κ1) is 14.8. The lowest BCUT2D eigenvalue weighted by atomic mass is 9.95. The van der Waals surface area contributed by atoms with Crippen molar-refractivity contribution >= 4 is 5.70 Å². The van der Waals surface area contributed by atoms with Crippen LogP contribution in [-0.4, -0.2) is 12.4 Å². The van der Waals surface area contributed by atoms with Crippen molar-refractivity contribution in [2.75, 3.05) is 0 Å². The lowest BCUT2D eigenvalue weighted by Crippen LogP contribution is -2.29. The number of hydrogen-bond acceptors (Lipinski definition) is 2. The van der Waals surface area contributed by atoms with Gasteiger partial charge in [0.15, 0.2) is 0 Å². The zero-order valence-corrected chi connectivity index (χ0v) is 11.2. The molecule has 1 saturated carbocycles. The van der Waals surface area contributed by atoms with Crippen molar-refractivity contribution in [3.8, 4) is 5.75 Å². The summed E-state index contributed by atoms with van der Waals surface area (Å²) in [6.07, 6.45) is 1.28. The van der Waals surface area contributed by atoms with Crippen LogP contribution in [0.5, 0.6) is 5.75 Å². The third-order valence-corrected chi connectivity index (χ3v) is 3.42. The van der Waals surface area contributed by atoms with E-state index in [-0.39, 0.29) is 5.75 Å². The first-order chi connectivity index (χ1) is 9.44. The van der Waals surface area contributed by atoms with Gasteiger partial charge in [0.25, 0.3) is 0 Å². The Hall–Kier alpha value is -1.65. The quantitative estimate of drug-likeness (QED) is 0.880. The Labute approximate surface area is 116 Å². The van der Waals surface area contributed by atoms with Crippen LogP contribution in [0.25, 0.3) is 5.70 Å². The number of benzene rings is 1. The Bertz CT molecular complexity index is 447. The van der Waals surface area contributed by atoms with Crippen LogP contribution in [0.2, 0.25) is 0 Å². The predicted molar refractivity (Wildman–Crippen MR) is 72.2 cm³/mol. The molecule has 0 heterocycles. The minimum atomic E-state index is -4.65. The van der Waals surface area contributed by atoms with Gasteiger partial charge in [-0.25, -0.2) is 0 Å². The van der Waals surface area contributed by atoms with Gasteiger partial charge >= 0.3 is 6.36 Å². The van der Waals surface area contributed by atoms with E-state index in [2.05, 4.69) is 16.6 Å². The van der Waals surface area contributed by atoms with Gasteiger partial charge in [0.05, 0.1) is 0 Å². The second-order valence-corrected chi connectivity index (χ2v) is 5.03. The highest BCUT2D eigenvalue weighted by Crippen LogP contribution is 2.25. The molecule has 0 unspecified atom stereocenters. The standard InChI is InChI=1S/C15H18F3NO/c1-11(19-13-5-3-2-4-6-13)12-7-9-14(10-8-12)20-15(16,17)18/h7-10,13,19H,1-6H2. The molecule has 2 rings (SSSR count). The van der Waals surface area contributed by atoms with Crippen molar-refractivity contribution in [3.63, 3.8) is 0 Å². The summed E-state index contributed by atoms with van der Waals surface area (Å²) >= 11 is 0. The Kier molecular flexibility index (Phi) is 4.57. The van der Waals surface area contributed by atoms with E-state index >= 15 is 0 Å². The molecule has 0 saturated heterocycles. The monoisotopic (exact) mass is 285 g/mol. The number of alkyl halides is 3. The SMILES string of the molecule is C=C(NC1CCCCC1)c1ccc(OC(F)(F)F)cc1. The molecule has 1 aromatic rings. The first-order valence-corrected chi connectivity index (χ1v) is 6.76. The van der Waals surface area contributed by atoms with E-state index < -0.39 is 6.36 Å². The maximum atomic E-state index is 12.1. The van der Waals surface area contributed by atoms with Crippen LogP contribution in [0, 0.1) is 0 Å². The molecule has 0 aliphatic heterocycles. The molecule has 20 heavy (non-hydrogen) atoms. The zero-order chi connectivity index (χ0) is 14.6. The average molecular weight is 285 g/mol. The number of halogens is 3. The van der Waals surface area contributed by atoms with Crippen molar-refractivity contribution in [1.29, 1.82) is 0 Å². The highest BCUT2D eigenvalue weighted by Gasteiger charge is 2.30. The molecule has 0 bridgehead atoms. The molecular formula is C15H18F3NO. The van der Waals surface area contributed by atoms with Crippen molar-refractivity contribution in [3.05, 3.63) is 36.4 Å². The van der Waals surface area contributed by atoms with Gasteiger partial charge in [-0.3, -0.25) is 0 Å². The van der Waals surface area contributed by atoms with Gasteiger partial charge in [-0.15, -0.1) is 13.2 Å². The van der Waals surface area contributed by atoms with E-state index in [1.54, 1.807) is 12.1 Å². The molecule has 0 spiro atoms. The van der Waals surface area contributed by atoms with Gasteiger partial charge in [0, 0.05) is 11.7 Å². The van der Waals surface area contributed by atoms with Gasteiger partial charge in [0.1, 0.15) is 5.75 Å². The van der Waals surface area contributed by atoms with Crippen LogP contribution in [0.4, 0.5) is 13.2 Å². The van der Waals surface area contributed by atoms with Crippen LogP contribution in [0.3, 0.4) is 0 Å². The number of hydrogen-bond donors (Lipinski definition) is 1. The Morgan fingerprint density at radius 3 is 2.25 bits per heavy atom. The summed E-state index contributed by atoms with van der Waals surface area (Å²) in [5, 5.41) is 3.35. The third kappa shape index (κ3) is 4.47. The molecule has 1 fully saturated rings. The molecule has 110 valence electrons. The van der Waals surface area contributed by atoms with Gasteiger partial charge in [0.2, 0.25) is 0 Å². The Morgan fingerprint density at radius 1 is 1.10 bits per heavy atom. The van der Waals surface area contributed by atoms with Crippen LogP contribution >= 0.6 is 0 Å². The highest BCUT2D eigenvalue weighted by atomic mass is 19.4. The molecule has 2 nitrogen and oxygen atoms in total. The van der Waals surface area contributed by atoms with Crippen LogP contribution in [-0.2, 0) is 0 Å². The smallest absolute Gasteiger partial charge is 0.406 e. The van der Waals surface area contributed by atoms with Crippen molar-refractivity contribution in [2.24, 2.45) is 0 Å². The summed E-state index contributed by atoms with van der Waals surface area (Å²) < 4.78 is 40.0. The van der Waals surface area contributed by atoms with E-state index in [0.717, 1.165) is 24.1 Å². The minimum absolute atomic E-state index is 0.216. The normalized spacial score (nSPS) is 16.8. The lowest BCUT2D eigenvalue weighted by Gasteiger charge is -2.25. The Morgan fingerprint density at radius 2 is 1.70 bits per heavy atom. The molecule has 0 aromatic heterocycles. The summed E-state index contributed by atoms with van der Waals surface area (Å²) in [4.78, 5) is 0. The number of ether oxygens (including phenoxy) is 1. The summed E-state index contributed by atoms with van der Waals surface area (Å²) in [5.74, 6) is -0.216.